The summed E-state index contributed by atoms with van der Waals surface area (Å²) in [7, 11) is 1.64. The Hall–Kier alpha value is -2.08. The number of nitrogens with one attached hydrogen (secondary N) is 2. The van der Waals surface area contributed by atoms with Crippen LogP contribution in [0.5, 0.6) is 5.75 Å². The van der Waals surface area contributed by atoms with Crippen LogP contribution in [-0.2, 0) is 6.42 Å². The molecule has 0 saturated heterocycles. The number of carbonyl (C=O) groups excluding carboxylic acids is 1. The van der Waals surface area contributed by atoms with Gasteiger partial charge < -0.3 is 15.4 Å². The van der Waals surface area contributed by atoms with Crippen LogP contribution in [0.2, 0.25) is 0 Å². The lowest BCUT2D eigenvalue weighted by molar-refractivity contribution is 0.0948. The fraction of sp³-hybridized carbons (Fsp3) is 0.375. The number of rotatable bonds is 3. The van der Waals surface area contributed by atoms with Gasteiger partial charge in [0.2, 0.25) is 0 Å². The normalized spacial score (nSPS) is 16.4. The highest BCUT2D eigenvalue weighted by Crippen LogP contribution is 2.33. The Balaban J connectivity index is 1.88. The molecule has 0 atom stereocenters. The number of methoxy groups -OCH3 is 1. The smallest absolute Gasteiger partial charge is 0.263 e. The summed E-state index contributed by atoms with van der Waals surface area (Å²) in [4.78, 5) is 17.5. The Bertz CT molecular complexity index is 709. The van der Waals surface area contributed by atoms with Gasteiger partial charge in [-0.3, -0.25) is 4.79 Å². The van der Waals surface area contributed by atoms with Crippen LogP contribution in [0.4, 0.5) is 10.8 Å². The molecule has 2 aromatic rings. The fourth-order valence-corrected chi connectivity index (χ4v) is 3.36. The van der Waals surface area contributed by atoms with Crippen molar-refractivity contribution >= 4 is 28.1 Å². The van der Waals surface area contributed by atoms with Crippen LogP contribution in [0.15, 0.2) is 24.3 Å². The summed E-state index contributed by atoms with van der Waals surface area (Å²) in [6.45, 7) is 4.95. The summed E-state index contributed by atoms with van der Waals surface area (Å²) in [5, 5.41) is 6.95. The average molecular weight is 317 g/mol. The molecule has 0 unspecified atom stereocenters. The Kier molecular flexibility index (Phi) is 3.78. The molecule has 0 bridgehead atoms. The predicted octanol–water partition coefficient (Wildman–Crippen LogP) is 3.21. The second-order valence-electron chi connectivity index (χ2n) is 6.18. The lowest BCUT2D eigenvalue weighted by Crippen LogP contribution is -2.31. The molecule has 5 nitrogen and oxygen atoms in total. The highest BCUT2D eigenvalue weighted by atomic mass is 32.1. The third-order valence-corrected chi connectivity index (χ3v) is 4.61. The zero-order chi connectivity index (χ0) is 15.7. The monoisotopic (exact) mass is 317 g/mol. The number of carbonyl (C=O) groups is 1. The number of ether oxygens (including phenoxy) is 1. The van der Waals surface area contributed by atoms with Crippen LogP contribution >= 0.6 is 11.3 Å². The van der Waals surface area contributed by atoms with Crippen molar-refractivity contribution in [2.75, 3.05) is 19.0 Å². The molecule has 1 aliphatic rings. The molecule has 116 valence electrons. The maximum Gasteiger partial charge on any atom is 0.263 e. The molecule has 0 fully saturated rings. The largest absolute Gasteiger partial charge is 0.497 e. The quantitative estimate of drug-likeness (QED) is 0.912. The lowest BCUT2D eigenvalue weighted by atomic mass is 9.88. The number of thiazole rings is 1. The molecule has 0 aliphatic carbocycles. The predicted molar refractivity (Wildman–Crippen MR) is 88.2 cm³/mol. The van der Waals surface area contributed by atoms with Crippen molar-refractivity contribution in [2.24, 2.45) is 5.41 Å². The zero-order valence-electron chi connectivity index (χ0n) is 12.9. The van der Waals surface area contributed by atoms with E-state index in [1.54, 1.807) is 7.11 Å². The lowest BCUT2D eigenvalue weighted by Gasteiger charge is -2.21. The zero-order valence-corrected chi connectivity index (χ0v) is 13.7. The van der Waals surface area contributed by atoms with E-state index in [2.05, 4.69) is 29.5 Å². The first-order valence-corrected chi connectivity index (χ1v) is 7.97. The third kappa shape index (κ3) is 3.06. The van der Waals surface area contributed by atoms with Crippen molar-refractivity contribution in [3.8, 4) is 5.75 Å². The van der Waals surface area contributed by atoms with Gasteiger partial charge in [0.25, 0.3) is 5.91 Å². The van der Waals surface area contributed by atoms with Crippen LogP contribution in [0, 0.1) is 5.41 Å². The summed E-state index contributed by atoms with van der Waals surface area (Å²) in [6.07, 6.45) is 0.789. The summed E-state index contributed by atoms with van der Waals surface area (Å²) >= 11 is 1.39. The van der Waals surface area contributed by atoms with Crippen molar-refractivity contribution in [1.82, 2.24) is 10.3 Å². The van der Waals surface area contributed by atoms with E-state index >= 15 is 0 Å². The minimum absolute atomic E-state index is 0.0161. The second kappa shape index (κ2) is 5.61. The number of hydrogen-bond donors (Lipinski definition) is 2. The second-order valence-corrected chi connectivity index (χ2v) is 7.17. The molecule has 1 amide bonds. The maximum atomic E-state index is 12.2. The first-order valence-electron chi connectivity index (χ1n) is 7.16. The molecule has 6 heteroatoms. The van der Waals surface area contributed by atoms with E-state index in [1.807, 2.05) is 24.3 Å². The van der Waals surface area contributed by atoms with Gasteiger partial charge >= 0.3 is 0 Å². The standard InChI is InChI=1S/C16H19N3O2S/c1-16(2)8-12-13(14(20)17-9-16)22-15(19-12)18-10-5-4-6-11(7-10)21-3/h4-7H,8-9H2,1-3H3,(H,17,20)(H,18,19). The van der Waals surface area contributed by atoms with Crippen molar-refractivity contribution in [2.45, 2.75) is 20.3 Å². The number of anilines is 2. The van der Waals surface area contributed by atoms with Gasteiger partial charge in [-0.25, -0.2) is 4.98 Å². The highest BCUT2D eigenvalue weighted by molar-refractivity contribution is 7.17. The van der Waals surface area contributed by atoms with Crippen molar-refractivity contribution in [1.29, 1.82) is 0 Å². The van der Waals surface area contributed by atoms with Gasteiger partial charge in [0.05, 0.1) is 12.8 Å². The van der Waals surface area contributed by atoms with Crippen molar-refractivity contribution < 1.29 is 9.53 Å². The SMILES string of the molecule is COc1cccc(Nc2nc3c(s2)C(=O)NCC(C)(C)C3)c1. The molecule has 22 heavy (non-hydrogen) atoms. The van der Waals surface area contributed by atoms with E-state index < -0.39 is 0 Å². The maximum absolute atomic E-state index is 12.2. The van der Waals surface area contributed by atoms with E-state index in [4.69, 9.17) is 4.74 Å². The molecule has 3 rings (SSSR count). The number of aromatic nitrogens is 1. The first kappa shape index (κ1) is 14.8. The molecule has 2 heterocycles. The van der Waals surface area contributed by atoms with E-state index in [0.29, 0.717) is 11.4 Å². The average Bonchev–Trinajstić information content (AvgIpc) is 2.82. The van der Waals surface area contributed by atoms with Gasteiger partial charge in [0.1, 0.15) is 10.6 Å². The van der Waals surface area contributed by atoms with Gasteiger partial charge in [-0.1, -0.05) is 31.3 Å². The van der Waals surface area contributed by atoms with Gasteiger partial charge in [-0.2, -0.15) is 0 Å². The van der Waals surface area contributed by atoms with Gasteiger partial charge in [-0.05, 0) is 24.0 Å². The minimum atomic E-state index is -0.0308. The van der Waals surface area contributed by atoms with E-state index in [1.165, 1.54) is 11.3 Å². The van der Waals surface area contributed by atoms with E-state index in [-0.39, 0.29) is 11.3 Å². The Morgan fingerprint density at radius 1 is 1.41 bits per heavy atom. The van der Waals surface area contributed by atoms with Crippen LogP contribution in [-0.4, -0.2) is 24.5 Å². The fourth-order valence-electron chi connectivity index (χ4n) is 2.44. The number of nitrogens with zero attached hydrogens (tertiary/aromatic N) is 1. The summed E-state index contributed by atoms with van der Waals surface area (Å²) < 4.78 is 5.21. The molecule has 2 N–H and O–H groups in total. The molecular formula is C16H19N3O2S. The molecule has 1 aromatic heterocycles. The van der Waals surface area contributed by atoms with E-state index in [9.17, 15) is 4.79 Å². The minimum Gasteiger partial charge on any atom is -0.497 e. The van der Waals surface area contributed by atoms with Crippen molar-refractivity contribution in [3.63, 3.8) is 0 Å². The van der Waals surface area contributed by atoms with Crippen LogP contribution < -0.4 is 15.4 Å². The summed E-state index contributed by atoms with van der Waals surface area (Å²) in [5.74, 6) is 0.749. The molecular weight excluding hydrogens is 298 g/mol. The Morgan fingerprint density at radius 3 is 3.00 bits per heavy atom. The van der Waals surface area contributed by atoms with E-state index in [0.717, 1.165) is 28.7 Å². The van der Waals surface area contributed by atoms with Gasteiger partial charge in [-0.15, -0.1) is 0 Å². The van der Waals surface area contributed by atoms with Crippen molar-refractivity contribution in [3.05, 3.63) is 34.8 Å². The topological polar surface area (TPSA) is 63.2 Å². The van der Waals surface area contributed by atoms with Gasteiger partial charge in [0, 0.05) is 18.3 Å². The number of benzene rings is 1. The highest BCUT2D eigenvalue weighted by Gasteiger charge is 2.30. The molecule has 1 aliphatic heterocycles. The number of fused-ring (bicyclic) bond motifs is 1. The third-order valence-electron chi connectivity index (χ3n) is 3.60. The molecule has 1 aromatic carbocycles. The molecule has 0 saturated carbocycles. The first-order chi connectivity index (χ1) is 10.5. The Morgan fingerprint density at radius 2 is 2.23 bits per heavy atom. The molecule has 0 spiro atoms. The number of amides is 1. The summed E-state index contributed by atoms with van der Waals surface area (Å²) in [6, 6.07) is 7.64. The van der Waals surface area contributed by atoms with Crippen LogP contribution in [0.1, 0.15) is 29.2 Å². The van der Waals surface area contributed by atoms with Gasteiger partial charge in [0.15, 0.2) is 5.13 Å². The van der Waals surface area contributed by atoms with Crippen LogP contribution in [0.25, 0.3) is 0 Å². The Labute approximate surface area is 133 Å². The molecule has 0 radical (unpaired) electrons. The summed E-state index contributed by atoms with van der Waals surface area (Å²) in [5.41, 5.74) is 1.78. The number of hydrogen-bond acceptors (Lipinski definition) is 5. The van der Waals surface area contributed by atoms with Crippen LogP contribution in [0.3, 0.4) is 0 Å².